The van der Waals surface area contributed by atoms with Crippen molar-refractivity contribution in [1.29, 1.82) is 0 Å². The third-order valence-corrected chi connectivity index (χ3v) is 2.32. The molecule has 4 heteroatoms. The number of benzene rings is 1. The molecule has 0 aliphatic rings. The number of carbonyl (C=O) groups excluding carboxylic acids is 1. The number of carbonyl (C=O) groups is 1. The van der Waals surface area contributed by atoms with E-state index in [2.05, 4.69) is 15.3 Å². The Morgan fingerprint density at radius 3 is 2.67 bits per heavy atom. The predicted molar refractivity (Wildman–Crippen MR) is 58.7 cm³/mol. The summed E-state index contributed by atoms with van der Waals surface area (Å²) in [6.45, 7) is 3.82. The maximum absolute atomic E-state index is 10.4. The Balaban J connectivity index is 2.73. The fourth-order valence-electron chi connectivity index (χ4n) is 1.43. The van der Waals surface area contributed by atoms with Crippen molar-refractivity contribution in [2.75, 3.05) is 5.32 Å². The van der Waals surface area contributed by atoms with E-state index in [0.29, 0.717) is 12.1 Å². The molecular weight excluding hydrogens is 190 g/mol. The molecule has 15 heavy (non-hydrogen) atoms. The van der Waals surface area contributed by atoms with Gasteiger partial charge in [0.25, 0.3) is 0 Å². The standard InChI is InChI=1S/C11H11N3O/c1-7-8(2)14-11-9(12-6-15)4-3-5-10(11)13-7/h3-6H,1-2H3,(H,12,15). The third-order valence-electron chi connectivity index (χ3n) is 2.32. The molecule has 1 aromatic carbocycles. The van der Waals surface area contributed by atoms with E-state index in [9.17, 15) is 4.79 Å². The Bertz CT molecular complexity index is 522. The smallest absolute Gasteiger partial charge is 0.211 e. The van der Waals surface area contributed by atoms with Gasteiger partial charge in [-0.1, -0.05) is 6.07 Å². The molecule has 0 bridgehead atoms. The van der Waals surface area contributed by atoms with Gasteiger partial charge in [-0.2, -0.15) is 0 Å². The fraction of sp³-hybridized carbons (Fsp3) is 0.182. The van der Waals surface area contributed by atoms with Gasteiger partial charge in [-0.25, -0.2) is 9.97 Å². The molecular formula is C11H11N3O. The van der Waals surface area contributed by atoms with Gasteiger partial charge < -0.3 is 5.32 Å². The number of rotatable bonds is 2. The van der Waals surface area contributed by atoms with E-state index in [0.717, 1.165) is 22.4 Å². The normalized spacial score (nSPS) is 10.3. The van der Waals surface area contributed by atoms with Crippen molar-refractivity contribution in [2.45, 2.75) is 13.8 Å². The van der Waals surface area contributed by atoms with Crippen molar-refractivity contribution in [2.24, 2.45) is 0 Å². The van der Waals surface area contributed by atoms with Crippen molar-refractivity contribution < 1.29 is 4.79 Å². The molecule has 1 aromatic heterocycles. The molecule has 0 saturated carbocycles. The lowest BCUT2D eigenvalue weighted by atomic mass is 10.2. The van der Waals surface area contributed by atoms with Gasteiger partial charge in [0.05, 0.1) is 22.6 Å². The number of aryl methyl sites for hydroxylation is 2. The first kappa shape index (κ1) is 9.58. The molecule has 2 rings (SSSR count). The zero-order chi connectivity index (χ0) is 10.8. The second-order valence-electron chi connectivity index (χ2n) is 3.33. The molecule has 1 amide bonds. The number of anilines is 1. The van der Waals surface area contributed by atoms with Gasteiger partial charge in [-0.05, 0) is 26.0 Å². The largest absolute Gasteiger partial charge is 0.327 e. The Hall–Kier alpha value is -1.97. The van der Waals surface area contributed by atoms with Crippen LogP contribution in [0.2, 0.25) is 0 Å². The van der Waals surface area contributed by atoms with Gasteiger partial charge in [-0.3, -0.25) is 4.79 Å². The number of nitrogens with zero attached hydrogens (tertiary/aromatic N) is 2. The molecule has 0 aliphatic heterocycles. The molecule has 4 nitrogen and oxygen atoms in total. The van der Waals surface area contributed by atoms with Crippen molar-refractivity contribution in [1.82, 2.24) is 9.97 Å². The molecule has 76 valence electrons. The second-order valence-corrected chi connectivity index (χ2v) is 3.33. The number of hydrogen-bond donors (Lipinski definition) is 1. The lowest BCUT2D eigenvalue weighted by Crippen LogP contribution is -1.99. The summed E-state index contributed by atoms with van der Waals surface area (Å²) in [5.74, 6) is 0. The van der Waals surface area contributed by atoms with E-state index in [1.165, 1.54) is 0 Å². The molecule has 0 unspecified atom stereocenters. The first-order valence-corrected chi connectivity index (χ1v) is 4.66. The number of aromatic nitrogens is 2. The summed E-state index contributed by atoms with van der Waals surface area (Å²) >= 11 is 0. The van der Waals surface area contributed by atoms with E-state index in [4.69, 9.17) is 0 Å². The summed E-state index contributed by atoms with van der Waals surface area (Å²) in [4.78, 5) is 19.2. The lowest BCUT2D eigenvalue weighted by Gasteiger charge is -2.06. The molecule has 0 spiro atoms. The van der Waals surface area contributed by atoms with Crippen LogP contribution >= 0.6 is 0 Å². The third kappa shape index (κ3) is 1.66. The number of nitrogens with one attached hydrogen (secondary N) is 1. The van der Waals surface area contributed by atoms with Crippen LogP contribution < -0.4 is 5.32 Å². The first-order chi connectivity index (χ1) is 7.22. The van der Waals surface area contributed by atoms with Crippen molar-refractivity contribution in [3.63, 3.8) is 0 Å². The molecule has 0 atom stereocenters. The predicted octanol–water partition coefficient (Wildman–Crippen LogP) is 1.81. The SMILES string of the molecule is Cc1nc2cccc(NC=O)c2nc1C. The van der Waals surface area contributed by atoms with E-state index in [-0.39, 0.29) is 0 Å². The average molecular weight is 201 g/mol. The number of para-hydroxylation sites is 1. The highest BCUT2D eigenvalue weighted by Gasteiger charge is 2.04. The zero-order valence-electron chi connectivity index (χ0n) is 8.61. The molecule has 0 aliphatic carbocycles. The van der Waals surface area contributed by atoms with Gasteiger partial charge in [0.1, 0.15) is 5.52 Å². The van der Waals surface area contributed by atoms with Crippen LogP contribution in [0.25, 0.3) is 11.0 Å². The minimum atomic E-state index is 0.644. The molecule has 1 heterocycles. The van der Waals surface area contributed by atoms with E-state index < -0.39 is 0 Å². The molecule has 2 aromatic rings. The van der Waals surface area contributed by atoms with Crippen LogP contribution in [0, 0.1) is 13.8 Å². The Morgan fingerprint density at radius 1 is 1.20 bits per heavy atom. The van der Waals surface area contributed by atoms with Gasteiger partial charge in [0.15, 0.2) is 0 Å². The quantitative estimate of drug-likeness (QED) is 0.754. The van der Waals surface area contributed by atoms with Crippen molar-refractivity contribution in [3.8, 4) is 0 Å². The van der Waals surface area contributed by atoms with E-state index in [1.807, 2.05) is 26.0 Å². The number of hydrogen-bond acceptors (Lipinski definition) is 3. The summed E-state index contributed by atoms with van der Waals surface area (Å²) in [6.07, 6.45) is 0.644. The van der Waals surface area contributed by atoms with Crippen LogP contribution in [0.3, 0.4) is 0 Å². The monoisotopic (exact) mass is 201 g/mol. The van der Waals surface area contributed by atoms with Crippen LogP contribution in [0.4, 0.5) is 5.69 Å². The highest BCUT2D eigenvalue weighted by Crippen LogP contribution is 2.20. The molecule has 0 saturated heterocycles. The highest BCUT2D eigenvalue weighted by molar-refractivity contribution is 5.92. The van der Waals surface area contributed by atoms with Crippen LogP contribution in [-0.2, 0) is 4.79 Å². The van der Waals surface area contributed by atoms with Gasteiger partial charge in [0, 0.05) is 0 Å². The Labute approximate surface area is 87.4 Å². The number of amides is 1. The zero-order valence-corrected chi connectivity index (χ0v) is 8.61. The second kappa shape index (κ2) is 3.65. The van der Waals surface area contributed by atoms with Gasteiger partial charge in [0.2, 0.25) is 6.41 Å². The minimum Gasteiger partial charge on any atom is -0.327 e. The fourth-order valence-corrected chi connectivity index (χ4v) is 1.43. The molecule has 0 radical (unpaired) electrons. The van der Waals surface area contributed by atoms with Gasteiger partial charge in [-0.15, -0.1) is 0 Å². The number of fused-ring (bicyclic) bond motifs is 1. The summed E-state index contributed by atoms with van der Waals surface area (Å²) in [5.41, 5.74) is 4.00. The first-order valence-electron chi connectivity index (χ1n) is 4.66. The Kier molecular flexibility index (Phi) is 2.33. The van der Waals surface area contributed by atoms with Gasteiger partial charge >= 0.3 is 0 Å². The van der Waals surface area contributed by atoms with E-state index >= 15 is 0 Å². The summed E-state index contributed by atoms with van der Waals surface area (Å²) in [7, 11) is 0. The average Bonchev–Trinajstić information content (AvgIpc) is 2.21. The summed E-state index contributed by atoms with van der Waals surface area (Å²) in [5, 5.41) is 2.61. The lowest BCUT2D eigenvalue weighted by molar-refractivity contribution is -0.105. The van der Waals surface area contributed by atoms with Crippen LogP contribution in [-0.4, -0.2) is 16.4 Å². The Morgan fingerprint density at radius 2 is 1.93 bits per heavy atom. The van der Waals surface area contributed by atoms with Crippen LogP contribution in [0.1, 0.15) is 11.4 Å². The highest BCUT2D eigenvalue weighted by atomic mass is 16.1. The van der Waals surface area contributed by atoms with Crippen molar-refractivity contribution >= 4 is 23.1 Å². The molecule has 0 fully saturated rings. The maximum atomic E-state index is 10.4. The summed E-state index contributed by atoms with van der Waals surface area (Å²) in [6, 6.07) is 5.53. The van der Waals surface area contributed by atoms with Crippen LogP contribution in [0.15, 0.2) is 18.2 Å². The minimum absolute atomic E-state index is 0.644. The van der Waals surface area contributed by atoms with Crippen LogP contribution in [0.5, 0.6) is 0 Å². The van der Waals surface area contributed by atoms with E-state index in [1.54, 1.807) is 6.07 Å². The summed E-state index contributed by atoms with van der Waals surface area (Å²) < 4.78 is 0. The van der Waals surface area contributed by atoms with Crippen molar-refractivity contribution in [3.05, 3.63) is 29.6 Å². The molecule has 1 N–H and O–H groups in total. The topological polar surface area (TPSA) is 54.9 Å². The maximum Gasteiger partial charge on any atom is 0.211 e.